The number of hydrogen-bond acceptors (Lipinski definition) is 4. The van der Waals surface area contributed by atoms with Gasteiger partial charge in [0.05, 0.1) is 5.52 Å². The van der Waals surface area contributed by atoms with E-state index in [4.69, 9.17) is 0 Å². The van der Waals surface area contributed by atoms with Gasteiger partial charge in [0.1, 0.15) is 0 Å². The molecule has 2 N–H and O–H groups in total. The van der Waals surface area contributed by atoms with E-state index in [-0.39, 0.29) is 11.9 Å². The molecule has 2 bridgehead atoms. The Kier molecular flexibility index (Phi) is 3.58. The molecule has 2 fully saturated rings. The molecule has 0 spiro atoms. The number of aromatic amines is 1. The van der Waals surface area contributed by atoms with E-state index in [1.165, 1.54) is 0 Å². The molecule has 0 saturated carbocycles. The van der Waals surface area contributed by atoms with Crippen molar-refractivity contribution in [3.63, 3.8) is 0 Å². The molecule has 0 aliphatic carbocycles. The molecular formula is C17H23N5O. The van der Waals surface area contributed by atoms with Gasteiger partial charge in [0.2, 0.25) is 0 Å². The second-order valence-corrected chi connectivity index (χ2v) is 6.95. The van der Waals surface area contributed by atoms with Crippen LogP contribution in [0.15, 0.2) is 24.3 Å². The molecule has 1 aromatic carbocycles. The van der Waals surface area contributed by atoms with Crippen LogP contribution in [0.4, 0.5) is 0 Å². The lowest BCUT2D eigenvalue weighted by Gasteiger charge is -2.50. The Bertz CT molecular complexity index is 711. The molecule has 6 heteroatoms. The van der Waals surface area contributed by atoms with E-state index in [1.54, 1.807) is 0 Å². The topological polar surface area (TPSA) is 64.3 Å². The Balaban J connectivity index is 1.49. The van der Waals surface area contributed by atoms with E-state index in [1.807, 2.05) is 24.3 Å². The van der Waals surface area contributed by atoms with Crippen molar-refractivity contribution in [1.82, 2.24) is 25.3 Å². The van der Waals surface area contributed by atoms with Gasteiger partial charge in [-0.3, -0.25) is 14.8 Å². The summed E-state index contributed by atoms with van der Waals surface area (Å²) in [5, 5.41) is 11.2. The van der Waals surface area contributed by atoms with Crippen molar-refractivity contribution in [3.8, 4) is 0 Å². The molecule has 2 aliphatic heterocycles. The summed E-state index contributed by atoms with van der Waals surface area (Å²) in [6.07, 6.45) is 2.01. The van der Waals surface area contributed by atoms with E-state index in [9.17, 15) is 4.79 Å². The van der Waals surface area contributed by atoms with Crippen LogP contribution < -0.4 is 5.32 Å². The van der Waals surface area contributed by atoms with Crippen molar-refractivity contribution in [2.45, 2.75) is 31.0 Å². The van der Waals surface area contributed by atoms with Gasteiger partial charge in [-0.15, -0.1) is 0 Å². The molecule has 1 aromatic heterocycles. The van der Waals surface area contributed by atoms with Gasteiger partial charge < -0.3 is 10.2 Å². The average molecular weight is 313 g/mol. The maximum absolute atomic E-state index is 12.6. The number of fused-ring (bicyclic) bond motifs is 3. The third kappa shape index (κ3) is 2.62. The number of likely N-dealkylation sites (N-methyl/N-ethyl adjacent to an activating group) is 2. The van der Waals surface area contributed by atoms with Gasteiger partial charge in [0, 0.05) is 36.6 Å². The molecule has 1 amide bonds. The lowest BCUT2D eigenvalue weighted by molar-refractivity contribution is 0.00838. The minimum Gasteiger partial charge on any atom is -0.348 e. The van der Waals surface area contributed by atoms with Crippen LogP contribution >= 0.6 is 0 Å². The summed E-state index contributed by atoms with van der Waals surface area (Å²) >= 11 is 0. The van der Waals surface area contributed by atoms with Crippen LogP contribution in [0.25, 0.3) is 10.9 Å². The summed E-state index contributed by atoms with van der Waals surface area (Å²) in [7, 11) is 4.39. The van der Waals surface area contributed by atoms with Crippen LogP contribution in [0.5, 0.6) is 0 Å². The number of carbonyl (C=O) groups excluding carboxylic acids is 1. The second kappa shape index (κ2) is 5.62. The highest BCUT2D eigenvalue weighted by Crippen LogP contribution is 2.27. The van der Waals surface area contributed by atoms with Gasteiger partial charge in [-0.25, -0.2) is 0 Å². The number of carbonyl (C=O) groups is 1. The molecule has 122 valence electrons. The van der Waals surface area contributed by atoms with E-state index in [2.05, 4.69) is 39.4 Å². The SMILES string of the molecule is CN1C[C@@H]2CC(NC(=O)c3n[nH]c4ccccc34)C[C@@H](C1)N2C. The highest BCUT2D eigenvalue weighted by atomic mass is 16.2. The van der Waals surface area contributed by atoms with Crippen molar-refractivity contribution < 1.29 is 4.79 Å². The highest BCUT2D eigenvalue weighted by Gasteiger charge is 2.38. The predicted octanol–water partition coefficient (Wildman–Crippen LogP) is 1.07. The molecule has 2 aliphatic rings. The molecule has 23 heavy (non-hydrogen) atoms. The van der Waals surface area contributed by atoms with Crippen LogP contribution in [0.1, 0.15) is 23.3 Å². The molecular weight excluding hydrogens is 290 g/mol. The maximum atomic E-state index is 12.6. The average Bonchev–Trinajstić information content (AvgIpc) is 2.93. The number of likely N-dealkylation sites (tertiary alicyclic amines) is 1. The Morgan fingerprint density at radius 3 is 2.65 bits per heavy atom. The third-order valence-electron chi connectivity index (χ3n) is 5.33. The van der Waals surface area contributed by atoms with Crippen molar-refractivity contribution in [3.05, 3.63) is 30.0 Å². The molecule has 6 nitrogen and oxygen atoms in total. The Hall–Kier alpha value is -1.92. The van der Waals surface area contributed by atoms with E-state index in [0.29, 0.717) is 17.8 Å². The normalized spacial score (nSPS) is 28.9. The summed E-state index contributed by atoms with van der Waals surface area (Å²) in [5.74, 6) is -0.0663. The molecule has 3 heterocycles. The molecule has 0 unspecified atom stereocenters. The quantitative estimate of drug-likeness (QED) is 0.870. The number of rotatable bonds is 2. The fourth-order valence-electron chi connectivity index (χ4n) is 4.09. The fourth-order valence-corrected chi connectivity index (χ4v) is 4.09. The minimum atomic E-state index is -0.0663. The molecule has 2 atom stereocenters. The first-order valence-corrected chi connectivity index (χ1v) is 8.26. The molecule has 2 saturated heterocycles. The summed E-state index contributed by atoms with van der Waals surface area (Å²) < 4.78 is 0. The lowest BCUT2D eigenvalue weighted by Crippen LogP contribution is -2.63. The summed E-state index contributed by atoms with van der Waals surface area (Å²) in [4.78, 5) is 17.5. The first kappa shape index (κ1) is 14.7. The fraction of sp³-hybridized carbons (Fsp3) is 0.529. The third-order valence-corrected chi connectivity index (χ3v) is 5.33. The smallest absolute Gasteiger partial charge is 0.272 e. The first-order valence-electron chi connectivity index (χ1n) is 8.26. The van der Waals surface area contributed by atoms with Crippen molar-refractivity contribution in [1.29, 1.82) is 0 Å². The van der Waals surface area contributed by atoms with Gasteiger partial charge >= 0.3 is 0 Å². The van der Waals surface area contributed by atoms with E-state index < -0.39 is 0 Å². The highest BCUT2D eigenvalue weighted by molar-refractivity contribution is 6.04. The predicted molar refractivity (Wildman–Crippen MR) is 89.4 cm³/mol. The number of piperidine rings is 1. The largest absolute Gasteiger partial charge is 0.348 e. The van der Waals surface area contributed by atoms with E-state index in [0.717, 1.165) is 36.8 Å². The van der Waals surface area contributed by atoms with Gasteiger partial charge in [-0.1, -0.05) is 18.2 Å². The monoisotopic (exact) mass is 313 g/mol. The number of amides is 1. The Morgan fingerprint density at radius 1 is 1.22 bits per heavy atom. The first-order chi connectivity index (χ1) is 11.1. The summed E-state index contributed by atoms with van der Waals surface area (Å²) in [5.41, 5.74) is 1.40. The second-order valence-electron chi connectivity index (χ2n) is 6.95. The van der Waals surface area contributed by atoms with Crippen LogP contribution in [-0.2, 0) is 0 Å². The van der Waals surface area contributed by atoms with Gasteiger partial charge in [-0.05, 0) is 33.0 Å². The lowest BCUT2D eigenvalue weighted by atomic mass is 9.88. The molecule has 2 aromatic rings. The van der Waals surface area contributed by atoms with Crippen molar-refractivity contribution in [2.75, 3.05) is 27.2 Å². The Labute approximate surface area is 135 Å². The number of nitrogens with zero attached hydrogens (tertiary/aromatic N) is 3. The van der Waals surface area contributed by atoms with Crippen LogP contribution in [0.2, 0.25) is 0 Å². The zero-order valence-corrected chi connectivity index (χ0v) is 13.6. The van der Waals surface area contributed by atoms with E-state index >= 15 is 0 Å². The van der Waals surface area contributed by atoms with Crippen molar-refractivity contribution in [2.24, 2.45) is 0 Å². The Morgan fingerprint density at radius 2 is 1.91 bits per heavy atom. The van der Waals surface area contributed by atoms with Crippen molar-refractivity contribution >= 4 is 16.8 Å². The number of aromatic nitrogens is 2. The zero-order chi connectivity index (χ0) is 16.0. The zero-order valence-electron chi connectivity index (χ0n) is 13.6. The number of nitrogens with one attached hydrogen (secondary N) is 2. The van der Waals surface area contributed by atoms with Gasteiger partial charge in [0.25, 0.3) is 5.91 Å². The maximum Gasteiger partial charge on any atom is 0.272 e. The number of piperazine rings is 1. The van der Waals surface area contributed by atoms with Crippen LogP contribution in [-0.4, -0.2) is 71.2 Å². The molecule has 4 rings (SSSR count). The standard InChI is InChI=1S/C17H23N5O/c1-21-9-12-7-11(8-13(10-21)22(12)2)18-17(23)16-14-5-3-4-6-15(14)19-20-16/h3-6,11-13H,7-10H2,1-2H3,(H,18,23)(H,19,20)/t12-,13-/m0/s1. The number of H-pyrrole nitrogens is 1. The summed E-state index contributed by atoms with van der Waals surface area (Å²) in [6.45, 7) is 2.15. The van der Waals surface area contributed by atoms with Gasteiger partial charge in [0.15, 0.2) is 5.69 Å². The summed E-state index contributed by atoms with van der Waals surface area (Å²) in [6, 6.07) is 9.03. The number of para-hydroxylation sites is 1. The van der Waals surface area contributed by atoms with Crippen LogP contribution in [0, 0.1) is 0 Å². The number of benzene rings is 1. The number of hydrogen-bond donors (Lipinski definition) is 2. The van der Waals surface area contributed by atoms with Gasteiger partial charge in [-0.2, -0.15) is 5.10 Å². The minimum absolute atomic E-state index is 0.0663. The molecule has 0 radical (unpaired) electrons. The van der Waals surface area contributed by atoms with Crippen LogP contribution in [0.3, 0.4) is 0 Å².